The van der Waals surface area contributed by atoms with Gasteiger partial charge in [0, 0.05) is 24.5 Å². The zero-order valence-electron chi connectivity index (χ0n) is 18.8. The Bertz CT molecular complexity index is 1210. The third-order valence-electron chi connectivity index (χ3n) is 5.10. The number of rotatable bonds is 9. The van der Waals surface area contributed by atoms with Crippen LogP contribution in [0.4, 0.5) is 5.13 Å². The summed E-state index contributed by atoms with van der Waals surface area (Å²) in [6, 6.07) is 10.3. The number of sulfone groups is 1. The van der Waals surface area contributed by atoms with Crippen molar-refractivity contribution in [2.45, 2.75) is 31.6 Å². The highest BCUT2D eigenvalue weighted by molar-refractivity contribution is 7.91. The van der Waals surface area contributed by atoms with Crippen molar-refractivity contribution >= 4 is 54.0 Å². The van der Waals surface area contributed by atoms with E-state index in [9.17, 15) is 13.2 Å². The maximum absolute atomic E-state index is 13.1. The molecule has 3 aromatic rings. The first kappa shape index (κ1) is 24.6. The van der Waals surface area contributed by atoms with Crippen LogP contribution in [0.5, 0.6) is 0 Å². The fourth-order valence-corrected chi connectivity index (χ4v) is 6.03. The fraction of sp³-hybridized carbons (Fsp3) is 0.391. The molecule has 9 heteroatoms. The second-order valence-electron chi connectivity index (χ2n) is 8.15. The molecule has 1 heterocycles. The minimum atomic E-state index is -3.47. The first-order valence-corrected chi connectivity index (χ1v) is 13.2. The molecule has 32 heavy (non-hydrogen) atoms. The number of hydrogen-bond donors (Lipinski definition) is 0. The average molecular weight is 494 g/mol. The number of carbonyl (C=O) groups is 1. The number of anilines is 1. The molecule has 1 aromatic heterocycles. The van der Waals surface area contributed by atoms with Gasteiger partial charge >= 0.3 is 0 Å². The molecule has 0 spiro atoms. The zero-order chi connectivity index (χ0) is 23.5. The molecule has 0 unspecified atom stereocenters. The van der Waals surface area contributed by atoms with Crippen LogP contribution in [0.25, 0.3) is 10.2 Å². The van der Waals surface area contributed by atoms with Crippen molar-refractivity contribution in [3.05, 3.63) is 52.5 Å². The van der Waals surface area contributed by atoms with Crippen LogP contribution in [0.2, 0.25) is 5.02 Å². The van der Waals surface area contributed by atoms with Gasteiger partial charge in [0.15, 0.2) is 15.0 Å². The smallest absolute Gasteiger partial charge is 0.228 e. The summed E-state index contributed by atoms with van der Waals surface area (Å²) >= 11 is 7.34. The molecule has 0 bridgehead atoms. The molecular formula is C23H28ClN3O3S2. The Hall–Kier alpha value is -2.00. The Morgan fingerprint density at radius 1 is 1.09 bits per heavy atom. The lowest BCUT2D eigenvalue weighted by atomic mass is 10.1. The third-order valence-corrected chi connectivity index (χ3v) is 8.19. The summed E-state index contributed by atoms with van der Waals surface area (Å²) in [5, 5.41) is 1.14. The number of likely N-dealkylation sites (N-methyl/N-ethyl adjacent to an activating group) is 1. The predicted molar refractivity (Wildman–Crippen MR) is 133 cm³/mol. The molecule has 0 N–H and O–H groups in total. The minimum absolute atomic E-state index is 0.0972. The van der Waals surface area contributed by atoms with Crippen molar-refractivity contribution in [2.24, 2.45) is 0 Å². The minimum Gasteiger partial charge on any atom is -0.308 e. The van der Waals surface area contributed by atoms with Crippen LogP contribution in [0.3, 0.4) is 0 Å². The molecule has 172 valence electrons. The third kappa shape index (κ3) is 6.07. The molecule has 0 aliphatic rings. The van der Waals surface area contributed by atoms with Crippen molar-refractivity contribution in [2.75, 3.05) is 37.8 Å². The van der Waals surface area contributed by atoms with E-state index in [1.165, 1.54) is 23.5 Å². The van der Waals surface area contributed by atoms with E-state index in [0.29, 0.717) is 23.2 Å². The van der Waals surface area contributed by atoms with Gasteiger partial charge < -0.3 is 4.90 Å². The lowest BCUT2D eigenvalue weighted by Gasteiger charge is -2.22. The maximum atomic E-state index is 13.1. The second kappa shape index (κ2) is 10.3. The highest BCUT2D eigenvalue weighted by atomic mass is 35.5. The van der Waals surface area contributed by atoms with Gasteiger partial charge in [-0.3, -0.25) is 9.69 Å². The molecule has 0 saturated heterocycles. The Morgan fingerprint density at radius 2 is 1.78 bits per heavy atom. The van der Waals surface area contributed by atoms with E-state index in [1.807, 2.05) is 32.8 Å². The van der Waals surface area contributed by atoms with Crippen LogP contribution in [0, 0.1) is 13.8 Å². The van der Waals surface area contributed by atoms with E-state index in [4.69, 9.17) is 16.6 Å². The highest BCUT2D eigenvalue weighted by Crippen LogP contribution is 2.32. The van der Waals surface area contributed by atoms with Gasteiger partial charge in [0.25, 0.3) is 0 Å². The Labute approximate surface area is 198 Å². The van der Waals surface area contributed by atoms with Gasteiger partial charge in [0.2, 0.25) is 5.91 Å². The van der Waals surface area contributed by atoms with Crippen molar-refractivity contribution in [1.29, 1.82) is 0 Å². The van der Waals surface area contributed by atoms with E-state index in [1.54, 1.807) is 17.0 Å². The van der Waals surface area contributed by atoms with Gasteiger partial charge in [-0.15, -0.1) is 0 Å². The van der Waals surface area contributed by atoms with Gasteiger partial charge in [-0.2, -0.15) is 0 Å². The second-order valence-corrected chi connectivity index (χ2v) is 11.7. The fourth-order valence-electron chi connectivity index (χ4n) is 3.41. The highest BCUT2D eigenvalue weighted by Gasteiger charge is 2.22. The number of aryl methyl sites for hydroxylation is 2. The van der Waals surface area contributed by atoms with Gasteiger partial charge in [-0.25, -0.2) is 13.4 Å². The van der Waals surface area contributed by atoms with Crippen LogP contribution in [-0.4, -0.2) is 57.1 Å². The molecule has 3 rings (SSSR count). The first-order valence-electron chi connectivity index (χ1n) is 10.4. The molecule has 2 aromatic carbocycles. The lowest BCUT2D eigenvalue weighted by Crippen LogP contribution is -2.36. The van der Waals surface area contributed by atoms with Crippen molar-refractivity contribution < 1.29 is 13.2 Å². The Morgan fingerprint density at radius 3 is 2.44 bits per heavy atom. The van der Waals surface area contributed by atoms with Gasteiger partial charge in [0.05, 0.1) is 20.9 Å². The van der Waals surface area contributed by atoms with E-state index in [-0.39, 0.29) is 29.4 Å². The maximum Gasteiger partial charge on any atom is 0.228 e. The molecule has 0 radical (unpaired) electrons. The monoisotopic (exact) mass is 493 g/mol. The van der Waals surface area contributed by atoms with Gasteiger partial charge in [-0.05, 0) is 75.8 Å². The summed E-state index contributed by atoms with van der Waals surface area (Å²) in [6.45, 7) is 5.24. The van der Waals surface area contributed by atoms with Crippen LogP contribution >= 0.6 is 22.9 Å². The number of fused-ring (bicyclic) bond motifs is 1. The number of carbonyl (C=O) groups excluding carboxylic acids is 1. The standard InChI is InChI=1S/C23H28ClN3O3S2/c1-16-14-17(2)22-20(15-16)31-23(25-22)27(12-11-26(3)4)21(28)6-5-13-32(29,30)19-9-7-18(24)8-10-19/h7-10,14-15H,5-6,11-13H2,1-4H3. The van der Waals surface area contributed by atoms with E-state index in [0.717, 1.165) is 21.3 Å². The molecule has 0 aliphatic heterocycles. The van der Waals surface area contributed by atoms with E-state index < -0.39 is 9.84 Å². The van der Waals surface area contributed by atoms with E-state index in [2.05, 4.69) is 12.1 Å². The number of hydrogen-bond acceptors (Lipinski definition) is 6. The number of thiazole rings is 1. The number of halogens is 1. The molecule has 6 nitrogen and oxygen atoms in total. The zero-order valence-corrected chi connectivity index (χ0v) is 21.1. The molecule has 0 atom stereocenters. The SMILES string of the molecule is Cc1cc(C)c2nc(N(CCN(C)C)C(=O)CCCS(=O)(=O)c3ccc(Cl)cc3)sc2c1. The van der Waals surface area contributed by atoms with Crippen molar-refractivity contribution in [3.63, 3.8) is 0 Å². The number of benzene rings is 2. The Kier molecular flexibility index (Phi) is 7.92. The summed E-state index contributed by atoms with van der Waals surface area (Å²) in [4.78, 5) is 21.8. The summed E-state index contributed by atoms with van der Waals surface area (Å²) < 4.78 is 26.2. The van der Waals surface area contributed by atoms with Crippen molar-refractivity contribution in [3.8, 4) is 0 Å². The predicted octanol–water partition coefficient (Wildman–Crippen LogP) is 4.72. The topological polar surface area (TPSA) is 70.6 Å². The molecule has 1 amide bonds. The number of aromatic nitrogens is 1. The Balaban J connectivity index is 1.75. The molecule has 0 aliphatic carbocycles. The van der Waals surface area contributed by atoms with Crippen LogP contribution in [0.1, 0.15) is 24.0 Å². The largest absolute Gasteiger partial charge is 0.308 e. The molecule has 0 saturated carbocycles. The van der Waals surface area contributed by atoms with Crippen LogP contribution in [-0.2, 0) is 14.6 Å². The molecular weight excluding hydrogens is 466 g/mol. The normalized spacial score (nSPS) is 11.9. The first-order chi connectivity index (χ1) is 15.1. The number of amides is 1. The average Bonchev–Trinajstić information content (AvgIpc) is 3.12. The summed E-state index contributed by atoms with van der Waals surface area (Å²) in [5.41, 5.74) is 3.14. The quantitative estimate of drug-likeness (QED) is 0.431. The van der Waals surface area contributed by atoms with Gasteiger partial charge in [-0.1, -0.05) is 29.0 Å². The van der Waals surface area contributed by atoms with Gasteiger partial charge in [0.1, 0.15) is 0 Å². The number of nitrogens with zero attached hydrogens (tertiary/aromatic N) is 3. The molecule has 0 fully saturated rings. The lowest BCUT2D eigenvalue weighted by molar-refractivity contribution is -0.118. The summed E-state index contributed by atoms with van der Waals surface area (Å²) in [5.74, 6) is -0.216. The summed E-state index contributed by atoms with van der Waals surface area (Å²) in [6.07, 6.45) is 0.374. The van der Waals surface area contributed by atoms with E-state index >= 15 is 0 Å². The van der Waals surface area contributed by atoms with Crippen LogP contribution < -0.4 is 4.90 Å². The summed E-state index contributed by atoms with van der Waals surface area (Å²) in [7, 11) is 0.433. The van der Waals surface area contributed by atoms with Crippen molar-refractivity contribution in [1.82, 2.24) is 9.88 Å². The van der Waals surface area contributed by atoms with Crippen LogP contribution in [0.15, 0.2) is 41.3 Å².